The summed E-state index contributed by atoms with van der Waals surface area (Å²) in [7, 11) is 3.18. The molecule has 0 spiro atoms. The summed E-state index contributed by atoms with van der Waals surface area (Å²) in [6, 6.07) is 13.4. The fourth-order valence-corrected chi connectivity index (χ4v) is 2.80. The lowest BCUT2D eigenvalue weighted by atomic mass is 10.2. The Labute approximate surface area is 168 Å². The summed E-state index contributed by atoms with van der Waals surface area (Å²) in [5.74, 6) is 2.36. The van der Waals surface area contributed by atoms with Crippen LogP contribution >= 0.6 is 12.2 Å². The van der Waals surface area contributed by atoms with E-state index in [2.05, 4.69) is 15.3 Å². The third kappa shape index (κ3) is 4.23. The van der Waals surface area contributed by atoms with E-state index in [1.807, 2.05) is 49.4 Å². The lowest BCUT2D eigenvalue weighted by Crippen LogP contribution is -2.02. The molecule has 8 heteroatoms. The fourth-order valence-electron chi connectivity index (χ4n) is 2.62. The van der Waals surface area contributed by atoms with Gasteiger partial charge in [0.2, 0.25) is 10.5 Å². The Kier molecular flexibility index (Phi) is 6.44. The molecule has 3 aromatic rings. The van der Waals surface area contributed by atoms with Crippen LogP contribution in [0, 0.1) is 4.77 Å². The number of nitrogens with zero attached hydrogens (tertiary/aromatic N) is 3. The molecule has 2 aromatic carbocycles. The summed E-state index contributed by atoms with van der Waals surface area (Å²) < 4.78 is 18.7. The van der Waals surface area contributed by atoms with Crippen molar-refractivity contribution in [3.8, 4) is 28.6 Å². The zero-order chi connectivity index (χ0) is 19.9. The Bertz CT molecular complexity index is 987. The third-order valence-electron chi connectivity index (χ3n) is 3.94. The molecular formula is C20H22N4O3S. The van der Waals surface area contributed by atoms with Crippen LogP contribution in [0.3, 0.4) is 0 Å². The summed E-state index contributed by atoms with van der Waals surface area (Å²) in [5, 5.41) is 11.6. The molecule has 28 heavy (non-hydrogen) atoms. The summed E-state index contributed by atoms with van der Waals surface area (Å²) >= 11 is 5.32. The van der Waals surface area contributed by atoms with Crippen molar-refractivity contribution >= 4 is 18.4 Å². The van der Waals surface area contributed by atoms with E-state index in [-0.39, 0.29) is 0 Å². The van der Waals surface area contributed by atoms with Crippen molar-refractivity contribution in [2.75, 3.05) is 20.8 Å². The number of methoxy groups -OCH3 is 2. The van der Waals surface area contributed by atoms with Gasteiger partial charge in [0, 0.05) is 11.1 Å². The zero-order valence-electron chi connectivity index (χ0n) is 16.0. The second-order valence-corrected chi connectivity index (χ2v) is 6.26. The fraction of sp³-hybridized carbons (Fsp3) is 0.250. The number of aromatic nitrogens is 3. The molecule has 0 amide bonds. The number of benzene rings is 2. The van der Waals surface area contributed by atoms with E-state index >= 15 is 0 Å². The highest BCUT2D eigenvalue weighted by Gasteiger charge is 2.14. The molecule has 0 aliphatic heterocycles. The molecule has 0 bridgehead atoms. The van der Waals surface area contributed by atoms with Crippen molar-refractivity contribution in [3.05, 3.63) is 52.8 Å². The van der Waals surface area contributed by atoms with Crippen molar-refractivity contribution in [2.45, 2.75) is 13.3 Å². The molecule has 3 rings (SSSR count). The first kappa shape index (κ1) is 19.6. The molecule has 1 aromatic heterocycles. The Hall–Kier alpha value is -3.13. The van der Waals surface area contributed by atoms with Gasteiger partial charge in [-0.15, -0.1) is 0 Å². The SMILES string of the molecule is CCCOc1c(OC)cc(/C=N\n2c(-c3ccccc3)n[nH]c2=S)cc1OC. The third-order valence-corrected chi connectivity index (χ3v) is 4.20. The Morgan fingerprint density at radius 3 is 2.43 bits per heavy atom. The van der Waals surface area contributed by atoms with Gasteiger partial charge in [-0.2, -0.15) is 14.9 Å². The second kappa shape index (κ2) is 9.18. The molecule has 0 saturated heterocycles. The van der Waals surface area contributed by atoms with E-state index in [1.165, 1.54) is 0 Å². The highest BCUT2D eigenvalue weighted by molar-refractivity contribution is 7.71. The van der Waals surface area contributed by atoms with Gasteiger partial charge < -0.3 is 14.2 Å². The number of rotatable bonds is 8. The van der Waals surface area contributed by atoms with Crippen molar-refractivity contribution in [3.63, 3.8) is 0 Å². The molecule has 0 aliphatic carbocycles. The minimum atomic E-state index is 0.400. The number of hydrogen-bond acceptors (Lipinski definition) is 6. The Morgan fingerprint density at radius 1 is 1.14 bits per heavy atom. The maximum absolute atomic E-state index is 5.77. The zero-order valence-corrected chi connectivity index (χ0v) is 16.8. The summed E-state index contributed by atoms with van der Waals surface area (Å²) in [5.41, 5.74) is 1.69. The van der Waals surface area contributed by atoms with E-state index in [1.54, 1.807) is 25.1 Å². The molecule has 0 saturated carbocycles. The molecule has 7 nitrogen and oxygen atoms in total. The first-order valence-electron chi connectivity index (χ1n) is 8.84. The first-order chi connectivity index (χ1) is 13.7. The monoisotopic (exact) mass is 398 g/mol. The molecule has 0 fully saturated rings. The first-order valence-corrected chi connectivity index (χ1v) is 9.24. The van der Waals surface area contributed by atoms with Gasteiger partial charge in [0.25, 0.3) is 0 Å². The lowest BCUT2D eigenvalue weighted by molar-refractivity contribution is 0.275. The Balaban J connectivity index is 1.97. The average molecular weight is 398 g/mol. The van der Waals surface area contributed by atoms with Crippen LogP contribution in [0.1, 0.15) is 18.9 Å². The van der Waals surface area contributed by atoms with Crippen LogP contribution in [-0.4, -0.2) is 41.9 Å². The van der Waals surface area contributed by atoms with Crippen LogP contribution in [-0.2, 0) is 0 Å². The van der Waals surface area contributed by atoms with Gasteiger partial charge in [0.15, 0.2) is 17.3 Å². The standard InChI is InChI=1S/C20H22N4O3S/c1-4-10-27-18-16(25-2)11-14(12-17(18)26-3)13-21-24-19(22-23-20(24)28)15-8-6-5-7-9-15/h5-9,11-13H,4,10H2,1-3H3,(H,23,28)/b21-13-. The smallest absolute Gasteiger partial charge is 0.216 e. The average Bonchev–Trinajstić information content (AvgIpc) is 3.11. The molecule has 1 N–H and O–H groups in total. The number of hydrogen-bond donors (Lipinski definition) is 1. The van der Waals surface area contributed by atoms with E-state index < -0.39 is 0 Å². The van der Waals surface area contributed by atoms with E-state index in [0.717, 1.165) is 17.5 Å². The van der Waals surface area contributed by atoms with Gasteiger partial charge in [0.1, 0.15) is 0 Å². The van der Waals surface area contributed by atoms with Crippen LogP contribution in [0.2, 0.25) is 0 Å². The van der Waals surface area contributed by atoms with Crippen LogP contribution in [0.5, 0.6) is 17.2 Å². The largest absolute Gasteiger partial charge is 0.493 e. The number of H-pyrrole nitrogens is 1. The number of aromatic amines is 1. The molecule has 0 radical (unpaired) electrons. The Morgan fingerprint density at radius 2 is 1.82 bits per heavy atom. The lowest BCUT2D eigenvalue weighted by Gasteiger charge is -2.14. The van der Waals surface area contributed by atoms with Gasteiger partial charge in [-0.1, -0.05) is 37.3 Å². The van der Waals surface area contributed by atoms with E-state index in [9.17, 15) is 0 Å². The van der Waals surface area contributed by atoms with Gasteiger partial charge in [-0.05, 0) is 30.8 Å². The van der Waals surface area contributed by atoms with Crippen molar-refractivity contribution in [2.24, 2.45) is 5.10 Å². The maximum atomic E-state index is 5.77. The van der Waals surface area contributed by atoms with Crippen molar-refractivity contribution in [1.29, 1.82) is 0 Å². The summed E-state index contributed by atoms with van der Waals surface area (Å²) in [6.07, 6.45) is 2.56. The maximum Gasteiger partial charge on any atom is 0.216 e. The van der Waals surface area contributed by atoms with Crippen LogP contribution in [0.15, 0.2) is 47.6 Å². The molecule has 1 heterocycles. The summed E-state index contributed by atoms with van der Waals surface area (Å²) in [4.78, 5) is 0. The summed E-state index contributed by atoms with van der Waals surface area (Å²) in [6.45, 7) is 2.61. The van der Waals surface area contributed by atoms with Gasteiger partial charge in [0.05, 0.1) is 27.0 Å². The van der Waals surface area contributed by atoms with Crippen LogP contribution in [0.25, 0.3) is 11.4 Å². The minimum Gasteiger partial charge on any atom is -0.493 e. The highest BCUT2D eigenvalue weighted by Crippen LogP contribution is 2.38. The molecule has 0 unspecified atom stereocenters. The van der Waals surface area contributed by atoms with Crippen molar-refractivity contribution in [1.82, 2.24) is 14.9 Å². The predicted octanol–water partition coefficient (Wildman–Crippen LogP) is 4.30. The van der Waals surface area contributed by atoms with Gasteiger partial charge >= 0.3 is 0 Å². The number of ether oxygens (including phenoxy) is 3. The van der Waals surface area contributed by atoms with Crippen LogP contribution < -0.4 is 14.2 Å². The van der Waals surface area contributed by atoms with E-state index in [0.29, 0.717) is 34.5 Å². The van der Waals surface area contributed by atoms with E-state index in [4.69, 9.17) is 26.4 Å². The predicted molar refractivity (Wildman–Crippen MR) is 111 cm³/mol. The van der Waals surface area contributed by atoms with Crippen LogP contribution in [0.4, 0.5) is 0 Å². The van der Waals surface area contributed by atoms with Gasteiger partial charge in [-0.25, -0.2) is 5.10 Å². The number of nitrogens with one attached hydrogen (secondary N) is 1. The quantitative estimate of drug-likeness (QED) is 0.452. The highest BCUT2D eigenvalue weighted by atomic mass is 32.1. The minimum absolute atomic E-state index is 0.400. The molecule has 0 aliphatic rings. The topological polar surface area (TPSA) is 73.7 Å². The van der Waals surface area contributed by atoms with Crippen molar-refractivity contribution < 1.29 is 14.2 Å². The normalized spacial score (nSPS) is 11.0. The molecular weight excluding hydrogens is 376 g/mol. The molecule has 146 valence electrons. The van der Waals surface area contributed by atoms with Gasteiger partial charge in [-0.3, -0.25) is 0 Å². The second-order valence-electron chi connectivity index (χ2n) is 5.88. The molecule has 0 atom stereocenters.